The number of nitrogens with one attached hydrogen (secondary N) is 2. The van der Waals surface area contributed by atoms with Crippen molar-refractivity contribution in [3.8, 4) is 0 Å². The third-order valence-corrected chi connectivity index (χ3v) is 3.92. The summed E-state index contributed by atoms with van der Waals surface area (Å²) in [5.74, 6) is -2.04. The van der Waals surface area contributed by atoms with Crippen LogP contribution in [0.15, 0.2) is 0 Å². The molecule has 0 aromatic carbocycles. The summed E-state index contributed by atoms with van der Waals surface area (Å²) in [4.78, 5) is 34.5. The summed E-state index contributed by atoms with van der Waals surface area (Å²) in [7, 11) is 0. The van der Waals surface area contributed by atoms with Crippen molar-refractivity contribution in [1.29, 1.82) is 0 Å². The normalized spacial score (nSPS) is 11.8. The Morgan fingerprint density at radius 2 is 1.52 bits per heavy atom. The third kappa shape index (κ3) is 14.4. The van der Waals surface area contributed by atoms with Gasteiger partial charge in [0.05, 0.1) is 6.42 Å². The molecule has 0 aliphatic carbocycles. The van der Waals surface area contributed by atoms with Gasteiger partial charge in [-0.1, -0.05) is 51.9 Å². The summed E-state index contributed by atoms with van der Waals surface area (Å²) in [5.41, 5.74) is 0. The molecular formula is C18H34N2O5. The van der Waals surface area contributed by atoms with Crippen molar-refractivity contribution >= 4 is 17.8 Å². The van der Waals surface area contributed by atoms with Crippen molar-refractivity contribution in [2.75, 3.05) is 13.2 Å². The molecule has 4 N–H and O–H groups in total. The number of aliphatic hydroxyl groups excluding tert-OH is 1. The molecule has 0 aromatic rings. The van der Waals surface area contributed by atoms with Crippen LogP contribution in [0.2, 0.25) is 0 Å². The van der Waals surface area contributed by atoms with Gasteiger partial charge in [0.15, 0.2) is 0 Å². The van der Waals surface area contributed by atoms with E-state index in [0.717, 1.165) is 19.3 Å². The molecular weight excluding hydrogens is 324 g/mol. The maximum atomic E-state index is 12.1. The van der Waals surface area contributed by atoms with Crippen LogP contribution in [-0.4, -0.2) is 47.2 Å². The van der Waals surface area contributed by atoms with Crippen LogP contribution in [0.25, 0.3) is 0 Å². The molecule has 0 spiro atoms. The molecule has 0 aromatic heterocycles. The molecule has 146 valence electrons. The number of hydrogen-bond donors (Lipinski definition) is 4. The minimum Gasteiger partial charge on any atom is -0.481 e. The van der Waals surface area contributed by atoms with Gasteiger partial charge in [-0.15, -0.1) is 0 Å². The second-order valence-electron chi connectivity index (χ2n) is 6.31. The van der Waals surface area contributed by atoms with E-state index in [1.54, 1.807) is 0 Å². The molecule has 0 radical (unpaired) electrons. The first-order chi connectivity index (χ1) is 12.0. The fourth-order valence-corrected chi connectivity index (χ4v) is 2.48. The number of carboxylic acids is 1. The maximum Gasteiger partial charge on any atom is 0.305 e. The van der Waals surface area contributed by atoms with Crippen LogP contribution >= 0.6 is 0 Å². The minimum absolute atomic E-state index is 0.0674. The van der Waals surface area contributed by atoms with Crippen molar-refractivity contribution < 1.29 is 24.6 Å². The molecule has 7 nitrogen and oxygen atoms in total. The highest BCUT2D eigenvalue weighted by atomic mass is 16.4. The van der Waals surface area contributed by atoms with E-state index in [1.165, 1.54) is 32.1 Å². The minimum atomic E-state index is -1.14. The first kappa shape index (κ1) is 23.4. The Hall–Kier alpha value is -1.63. The predicted octanol–water partition coefficient (Wildman–Crippen LogP) is 1.98. The van der Waals surface area contributed by atoms with E-state index in [0.29, 0.717) is 6.54 Å². The summed E-state index contributed by atoms with van der Waals surface area (Å²) in [6.45, 7) is 2.55. The van der Waals surface area contributed by atoms with E-state index in [1.807, 2.05) is 0 Å². The molecule has 0 aliphatic rings. The van der Waals surface area contributed by atoms with Crippen LogP contribution in [0.3, 0.4) is 0 Å². The van der Waals surface area contributed by atoms with E-state index >= 15 is 0 Å². The van der Waals surface area contributed by atoms with E-state index in [4.69, 9.17) is 10.2 Å². The van der Waals surface area contributed by atoms with Gasteiger partial charge in [-0.25, -0.2) is 0 Å². The Balaban J connectivity index is 3.97. The molecule has 0 bridgehead atoms. The molecule has 7 heteroatoms. The Labute approximate surface area is 150 Å². The quantitative estimate of drug-likeness (QED) is 0.315. The average molecular weight is 358 g/mol. The Morgan fingerprint density at radius 1 is 0.920 bits per heavy atom. The summed E-state index contributed by atoms with van der Waals surface area (Å²) < 4.78 is 0. The average Bonchev–Trinajstić information content (AvgIpc) is 2.57. The first-order valence-corrected chi connectivity index (χ1v) is 9.41. The molecule has 1 atom stereocenters. The number of rotatable bonds is 16. The third-order valence-electron chi connectivity index (χ3n) is 3.92. The van der Waals surface area contributed by atoms with E-state index in [2.05, 4.69) is 17.6 Å². The van der Waals surface area contributed by atoms with Crippen LogP contribution in [0.1, 0.15) is 77.6 Å². The summed E-state index contributed by atoms with van der Waals surface area (Å²) in [6.07, 6.45) is 9.16. The van der Waals surface area contributed by atoms with E-state index in [-0.39, 0.29) is 19.4 Å². The van der Waals surface area contributed by atoms with Crippen LogP contribution in [-0.2, 0) is 14.4 Å². The zero-order chi connectivity index (χ0) is 18.9. The number of aliphatic hydroxyl groups is 1. The van der Waals surface area contributed by atoms with E-state index in [9.17, 15) is 14.4 Å². The second-order valence-corrected chi connectivity index (χ2v) is 6.31. The lowest BCUT2D eigenvalue weighted by molar-refractivity contribution is -0.140. The van der Waals surface area contributed by atoms with Crippen molar-refractivity contribution in [2.45, 2.75) is 83.6 Å². The monoisotopic (exact) mass is 358 g/mol. The van der Waals surface area contributed by atoms with Gasteiger partial charge >= 0.3 is 5.97 Å². The Kier molecular flexibility index (Phi) is 14.8. The number of hydrogen-bond acceptors (Lipinski definition) is 4. The van der Waals surface area contributed by atoms with E-state index < -0.39 is 30.2 Å². The van der Waals surface area contributed by atoms with Crippen molar-refractivity contribution in [3.05, 3.63) is 0 Å². The molecule has 25 heavy (non-hydrogen) atoms. The lowest BCUT2D eigenvalue weighted by atomic mass is 10.1. The molecule has 0 aliphatic heterocycles. The largest absolute Gasteiger partial charge is 0.481 e. The van der Waals surface area contributed by atoms with Crippen molar-refractivity contribution in [3.63, 3.8) is 0 Å². The standard InChI is InChI=1S/C18H34N2O5/c1-2-3-4-5-6-7-8-9-12-19-18(25)15(14-17(23)24)20-16(22)11-10-13-21/h15,21H,2-14H2,1H3,(H,19,25)(H,20,22)(H,23,24)/t15-/m0/s1. The lowest BCUT2D eigenvalue weighted by Crippen LogP contribution is -2.48. The van der Waals surface area contributed by atoms with Gasteiger partial charge in [-0.3, -0.25) is 14.4 Å². The Morgan fingerprint density at radius 3 is 2.08 bits per heavy atom. The Bertz CT molecular complexity index is 388. The van der Waals surface area contributed by atoms with Gasteiger partial charge < -0.3 is 20.8 Å². The fraction of sp³-hybridized carbons (Fsp3) is 0.833. The number of carbonyl (C=O) groups is 3. The van der Waals surface area contributed by atoms with Crippen molar-refractivity contribution in [2.24, 2.45) is 0 Å². The van der Waals surface area contributed by atoms with Gasteiger partial charge in [0.1, 0.15) is 6.04 Å². The van der Waals surface area contributed by atoms with Gasteiger partial charge in [-0.05, 0) is 12.8 Å². The molecule has 2 amide bonds. The smallest absolute Gasteiger partial charge is 0.305 e. The fourth-order valence-electron chi connectivity index (χ4n) is 2.48. The molecule has 0 unspecified atom stereocenters. The highest BCUT2D eigenvalue weighted by Crippen LogP contribution is 2.08. The van der Waals surface area contributed by atoms with Gasteiger partial charge in [0, 0.05) is 19.6 Å². The maximum absolute atomic E-state index is 12.1. The van der Waals surface area contributed by atoms with Gasteiger partial charge in [0.25, 0.3) is 0 Å². The number of aliphatic carboxylic acids is 1. The van der Waals surface area contributed by atoms with Gasteiger partial charge in [-0.2, -0.15) is 0 Å². The first-order valence-electron chi connectivity index (χ1n) is 9.41. The number of carboxylic acid groups (broad SMARTS) is 1. The van der Waals surface area contributed by atoms with Crippen LogP contribution < -0.4 is 10.6 Å². The number of amides is 2. The highest BCUT2D eigenvalue weighted by molar-refractivity contribution is 5.90. The van der Waals surface area contributed by atoms with Crippen molar-refractivity contribution in [1.82, 2.24) is 10.6 Å². The molecule has 0 rings (SSSR count). The highest BCUT2D eigenvalue weighted by Gasteiger charge is 2.23. The SMILES string of the molecule is CCCCCCCCCCNC(=O)[C@H](CC(=O)O)NC(=O)CCCO. The molecule has 0 saturated heterocycles. The molecule has 0 heterocycles. The zero-order valence-corrected chi connectivity index (χ0v) is 15.4. The summed E-state index contributed by atoms with van der Waals surface area (Å²) >= 11 is 0. The second kappa shape index (κ2) is 15.9. The zero-order valence-electron chi connectivity index (χ0n) is 15.4. The van der Waals surface area contributed by atoms with Crippen LogP contribution in [0.4, 0.5) is 0 Å². The summed E-state index contributed by atoms with van der Waals surface area (Å²) in [5, 5.41) is 22.7. The number of carbonyl (C=O) groups excluding carboxylic acids is 2. The predicted molar refractivity (Wildman–Crippen MR) is 96.1 cm³/mol. The lowest BCUT2D eigenvalue weighted by Gasteiger charge is -2.16. The van der Waals surface area contributed by atoms with Gasteiger partial charge in [0.2, 0.25) is 11.8 Å². The molecule has 0 fully saturated rings. The van der Waals surface area contributed by atoms with Crippen LogP contribution in [0, 0.1) is 0 Å². The molecule has 0 saturated carbocycles. The van der Waals surface area contributed by atoms with Crippen LogP contribution in [0.5, 0.6) is 0 Å². The topological polar surface area (TPSA) is 116 Å². The summed E-state index contributed by atoms with van der Waals surface area (Å²) in [6, 6.07) is -1.07. The number of unbranched alkanes of at least 4 members (excludes halogenated alkanes) is 7.